The van der Waals surface area contributed by atoms with Gasteiger partial charge in [0.1, 0.15) is 0 Å². The number of aliphatic carboxylic acids is 1. The molecule has 0 aliphatic carbocycles. The number of rotatable bonds is 11. The minimum atomic E-state index is -0.909. The molecule has 0 saturated carbocycles. The minimum Gasteiger partial charge on any atom is -0.550 e. The zero-order valence-corrected chi connectivity index (χ0v) is 13.0. The number of hydrogen-bond acceptors (Lipinski definition) is 4. The monoisotopic (exact) mass is 285 g/mol. The van der Waals surface area contributed by atoms with Crippen LogP contribution in [0, 0.1) is 0 Å². The lowest BCUT2D eigenvalue weighted by Crippen LogP contribution is -2.21. The maximum Gasteiger partial charge on any atom is 0.307 e. The standard InChI is InChI=1S/C12H24O2.C4H6O2/c1-2-3-4-5-6-7-8-9-10-11-12(13)14;1-3-6-4(2)5/h2-11H2,1H3,(H,13,14);3H,1H2,2H3/p-1. The Balaban J connectivity index is 0. The van der Waals surface area contributed by atoms with Crippen LogP contribution in [0.1, 0.15) is 78.1 Å². The molecule has 4 heteroatoms. The van der Waals surface area contributed by atoms with E-state index in [1.807, 2.05) is 0 Å². The number of carboxylic acid groups (broad SMARTS) is 1. The van der Waals surface area contributed by atoms with Crippen molar-refractivity contribution in [2.45, 2.75) is 78.1 Å². The number of esters is 1. The van der Waals surface area contributed by atoms with Gasteiger partial charge in [-0.25, -0.2) is 0 Å². The molecule has 0 saturated heterocycles. The van der Waals surface area contributed by atoms with E-state index in [9.17, 15) is 14.7 Å². The molecule has 0 aromatic rings. The number of carboxylic acids is 1. The predicted molar refractivity (Wildman–Crippen MR) is 78.8 cm³/mol. The summed E-state index contributed by atoms with van der Waals surface area (Å²) in [7, 11) is 0. The summed E-state index contributed by atoms with van der Waals surface area (Å²) in [5.41, 5.74) is 0. The van der Waals surface area contributed by atoms with Crippen LogP contribution in [-0.4, -0.2) is 11.9 Å². The van der Waals surface area contributed by atoms with Gasteiger partial charge < -0.3 is 14.6 Å². The molecule has 0 amide bonds. The van der Waals surface area contributed by atoms with Gasteiger partial charge in [0.25, 0.3) is 0 Å². The largest absolute Gasteiger partial charge is 0.550 e. The van der Waals surface area contributed by atoms with Crippen LogP contribution in [0.4, 0.5) is 0 Å². The zero-order valence-electron chi connectivity index (χ0n) is 13.0. The lowest BCUT2D eigenvalue weighted by atomic mass is 10.1. The summed E-state index contributed by atoms with van der Waals surface area (Å²) in [6.45, 7) is 6.70. The molecule has 0 unspecified atom stereocenters. The number of unbranched alkanes of at least 4 members (excludes halogenated alkanes) is 8. The average Bonchev–Trinajstić information content (AvgIpc) is 2.37. The van der Waals surface area contributed by atoms with Crippen molar-refractivity contribution in [1.82, 2.24) is 0 Å². The van der Waals surface area contributed by atoms with E-state index in [0.29, 0.717) is 0 Å². The Kier molecular flexibility index (Phi) is 18.6. The van der Waals surface area contributed by atoms with Crippen LogP contribution < -0.4 is 5.11 Å². The first-order chi connectivity index (χ1) is 9.54. The van der Waals surface area contributed by atoms with Gasteiger partial charge in [-0.1, -0.05) is 64.9 Å². The lowest BCUT2D eigenvalue weighted by molar-refractivity contribution is -0.305. The van der Waals surface area contributed by atoms with Crippen molar-refractivity contribution in [3.05, 3.63) is 12.8 Å². The smallest absolute Gasteiger partial charge is 0.307 e. The van der Waals surface area contributed by atoms with Crippen LogP contribution in [0.2, 0.25) is 0 Å². The van der Waals surface area contributed by atoms with E-state index >= 15 is 0 Å². The molecule has 0 bridgehead atoms. The molecular formula is C16H29O4-. The van der Waals surface area contributed by atoms with E-state index < -0.39 is 5.97 Å². The van der Waals surface area contributed by atoms with E-state index in [2.05, 4.69) is 18.2 Å². The number of carbonyl (C=O) groups is 2. The molecule has 4 nitrogen and oxygen atoms in total. The second-order valence-electron chi connectivity index (χ2n) is 4.73. The van der Waals surface area contributed by atoms with Crippen molar-refractivity contribution in [3.8, 4) is 0 Å². The van der Waals surface area contributed by atoms with E-state index in [1.165, 1.54) is 51.9 Å². The summed E-state index contributed by atoms with van der Waals surface area (Å²) in [4.78, 5) is 19.8. The summed E-state index contributed by atoms with van der Waals surface area (Å²) in [6.07, 6.45) is 12.3. The number of hydrogen-bond donors (Lipinski definition) is 0. The molecule has 0 spiro atoms. The molecule has 0 aliphatic heterocycles. The van der Waals surface area contributed by atoms with Gasteiger partial charge in [0.2, 0.25) is 0 Å². The van der Waals surface area contributed by atoms with Gasteiger partial charge in [-0.2, -0.15) is 0 Å². The van der Waals surface area contributed by atoms with Gasteiger partial charge in [0.05, 0.1) is 6.26 Å². The summed E-state index contributed by atoms with van der Waals surface area (Å²) >= 11 is 0. The first kappa shape index (κ1) is 21.0. The van der Waals surface area contributed by atoms with Gasteiger partial charge in [-0.05, 0) is 12.8 Å². The fraction of sp³-hybridized carbons (Fsp3) is 0.750. The van der Waals surface area contributed by atoms with Crippen LogP contribution >= 0.6 is 0 Å². The average molecular weight is 285 g/mol. The number of carbonyl (C=O) groups excluding carboxylic acids is 2. The third-order valence-electron chi connectivity index (χ3n) is 2.73. The maximum absolute atomic E-state index is 10.1. The van der Waals surface area contributed by atoms with E-state index in [0.717, 1.165) is 19.1 Å². The molecule has 20 heavy (non-hydrogen) atoms. The number of ether oxygens (including phenoxy) is 1. The van der Waals surface area contributed by atoms with Crippen molar-refractivity contribution >= 4 is 11.9 Å². The van der Waals surface area contributed by atoms with Crippen LogP contribution in [0.25, 0.3) is 0 Å². The summed E-state index contributed by atoms with van der Waals surface area (Å²) in [6, 6.07) is 0. The zero-order chi connectivity index (χ0) is 15.6. The summed E-state index contributed by atoms with van der Waals surface area (Å²) < 4.78 is 4.17. The van der Waals surface area contributed by atoms with Crippen molar-refractivity contribution in [1.29, 1.82) is 0 Å². The molecule has 0 atom stereocenters. The normalized spacial score (nSPS) is 9.30. The van der Waals surface area contributed by atoms with Crippen molar-refractivity contribution in [2.24, 2.45) is 0 Å². The highest BCUT2D eigenvalue weighted by atomic mass is 16.5. The Bertz CT molecular complexity index is 249. The lowest BCUT2D eigenvalue weighted by Gasteiger charge is -2.02. The first-order valence-corrected chi connectivity index (χ1v) is 7.52. The Labute approximate surface area is 123 Å². The highest BCUT2D eigenvalue weighted by molar-refractivity contribution is 5.66. The fourth-order valence-corrected chi connectivity index (χ4v) is 1.70. The third-order valence-corrected chi connectivity index (χ3v) is 2.73. The summed E-state index contributed by atoms with van der Waals surface area (Å²) in [5.74, 6) is -1.24. The maximum atomic E-state index is 10.1. The Morgan fingerprint density at radius 2 is 1.45 bits per heavy atom. The van der Waals surface area contributed by atoms with Gasteiger partial charge in [-0.15, -0.1) is 0 Å². The second-order valence-corrected chi connectivity index (χ2v) is 4.73. The van der Waals surface area contributed by atoms with Crippen LogP contribution in [0.15, 0.2) is 12.8 Å². The third kappa shape index (κ3) is 25.5. The van der Waals surface area contributed by atoms with Gasteiger partial charge in [-0.3, -0.25) is 4.79 Å². The SMILES string of the molecule is C=COC(C)=O.CCCCCCCCCCCC(=O)[O-]. The second kappa shape index (κ2) is 17.7. The minimum absolute atomic E-state index is 0.232. The van der Waals surface area contributed by atoms with Crippen LogP contribution in [-0.2, 0) is 14.3 Å². The highest BCUT2D eigenvalue weighted by Crippen LogP contribution is 2.10. The van der Waals surface area contributed by atoms with Crippen LogP contribution in [0.5, 0.6) is 0 Å². The van der Waals surface area contributed by atoms with Crippen molar-refractivity contribution in [3.63, 3.8) is 0 Å². The van der Waals surface area contributed by atoms with E-state index in [1.54, 1.807) is 0 Å². The fourth-order valence-electron chi connectivity index (χ4n) is 1.70. The molecule has 0 aromatic carbocycles. The van der Waals surface area contributed by atoms with Gasteiger partial charge in [0, 0.05) is 12.9 Å². The Morgan fingerprint density at radius 1 is 1.00 bits per heavy atom. The molecule has 0 aromatic heterocycles. The quantitative estimate of drug-likeness (QED) is 0.332. The molecular weight excluding hydrogens is 256 g/mol. The van der Waals surface area contributed by atoms with E-state index in [4.69, 9.17) is 0 Å². The molecule has 0 N–H and O–H groups in total. The Morgan fingerprint density at radius 3 is 1.75 bits per heavy atom. The van der Waals surface area contributed by atoms with Crippen LogP contribution in [0.3, 0.4) is 0 Å². The molecule has 0 aliphatic rings. The van der Waals surface area contributed by atoms with Crippen molar-refractivity contribution in [2.75, 3.05) is 0 Å². The molecule has 0 fully saturated rings. The summed E-state index contributed by atoms with van der Waals surface area (Å²) in [5, 5.41) is 10.1. The molecule has 0 radical (unpaired) electrons. The Hall–Kier alpha value is -1.32. The molecule has 0 rings (SSSR count). The van der Waals surface area contributed by atoms with Crippen molar-refractivity contribution < 1.29 is 19.4 Å². The van der Waals surface area contributed by atoms with Gasteiger partial charge in [0.15, 0.2) is 0 Å². The van der Waals surface area contributed by atoms with Gasteiger partial charge >= 0.3 is 5.97 Å². The van der Waals surface area contributed by atoms with E-state index in [-0.39, 0.29) is 12.4 Å². The highest BCUT2D eigenvalue weighted by Gasteiger charge is 1.92. The molecule has 118 valence electrons. The topological polar surface area (TPSA) is 66.4 Å². The molecule has 0 heterocycles. The predicted octanol–water partition coefficient (Wildman–Crippen LogP) is 3.35. The first-order valence-electron chi connectivity index (χ1n) is 7.52.